The molecule has 0 saturated carbocycles. The van der Waals surface area contributed by atoms with Crippen LogP contribution in [0.4, 0.5) is 0 Å². The van der Waals surface area contributed by atoms with Gasteiger partial charge in [0.2, 0.25) is 0 Å². The van der Waals surface area contributed by atoms with Crippen LogP contribution < -0.4 is 4.74 Å². The molecule has 1 aromatic heterocycles. The Balaban J connectivity index is 1.50. The smallest absolute Gasteiger partial charge is 0.159 e. The molecule has 0 spiro atoms. The van der Waals surface area contributed by atoms with Crippen molar-refractivity contribution in [3.8, 4) is 5.75 Å². The van der Waals surface area contributed by atoms with Gasteiger partial charge in [-0.25, -0.2) is 4.98 Å². The summed E-state index contributed by atoms with van der Waals surface area (Å²) in [5.74, 6) is 0.581. The minimum Gasteiger partial charge on any atom is -0.491 e. The summed E-state index contributed by atoms with van der Waals surface area (Å²) < 4.78 is 6.79. The van der Waals surface area contributed by atoms with Gasteiger partial charge in [-0.05, 0) is 38.2 Å². The number of carbonyl (C=O) groups is 1. The highest BCUT2D eigenvalue weighted by molar-refractivity contribution is 7.18. The van der Waals surface area contributed by atoms with E-state index in [0.717, 1.165) is 10.5 Å². The zero-order chi connectivity index (χ0) is 18.5. The highest BCUT2D eigenvalue weighted by Crippen LogP contribution is 2.22. The molecule has 3 aromatic rings. The maximum atomic E-state index is 11.4. The number of aromatic nitrogens is 1. The van der Waals surface area contributed by atoms with Crippen molar-refractivity contribution in [1.29, 1.82) is 0 Å². The fourth-order valence-corrected chi connectivity index (χ4v) is 3.74. The molecule has 0 amide bonds. The largest absolute Gasteiger partial charge is 0.491 e. The molecule has 1 N–H and O–H groups in total. The normalized spacial score (nSPS) is 12.5. The Hall–Kier alpha value is -2.28. The predicted octanol–water partition coefficient (Wildman–Crippen LogP) is 3.37. The van der Waals surface area contributed by atoms with Crippen molar-refractivity contribution in [2.24, 2.45) is 0 Å². The maximum Gasteiger partial charge on any atom is 0.159 e. The molecule has 0 aliphatic carbocycles. The molecule has 136 valence electrons. The van der Waals surface area contributed by atoms with E-state index < -0.39 is 6.10 Å². The minimum atomic E-state index is -0.629. The molecular weight excluding hydrogens is 348 g/mol. The summed E-state index contributed by atoms with van der Waals surface area (Å²) >= 11 is 1.67. The maximum absolute atomic E-state index is 11.4. The monoisotopic (exact) mass is 370 g/mol. The van der Waals surface area contributed by atoms with Gasteiger partial charge < -0.3 is 9.84 Å². The third-order valence-corrected chi connectivity index (χ3v) is 4.97. The molecule has 1 unspecified atom stereocenters. The number of rotatable bonds is 8. The number of aliphatic hydroxyl groups is 1. The van der Waals surface area contributed by atoms with E-state index in [-0.39, 0.29) is 12.4 Å². The zero-order valence-corrected chi connectivity index (χ0v) is 15.7. The van der Waals surface area contributed by atoms with Gasteiger partial charge >= 0.3 is 0 Å². The summed E-state index contributed by atoms with van der Waals surface area (Å²) in [5.41, 5.74) is 1.61. The fourth-order valence-electron chi connectivity index (χ4n) is 2.69. The van der Waals surface area contributed by atoms with E-state index in [0.29, 0.717) is 24.4 Å². The SMILES string of the molecule is CC(=O)c1cccc(OCC(O)CN(C)Cc2nc3ccccc3s2)c1. The Morgan fingerprint density at radius 2 is 2.08 bits per heavy atom. The number of ether oxygens (including phenoxy) is 1. The van der Waals surface area contributed by atoms with Gasteiger partial charge in [-0.1, -0.05) is 24.3 Å². The van der Waals surface area contributed by atoms with Crippen LogP contribution in [0.2, 0.25) is 0 Å². The number of aliphatic hydroxyl groups excluding tert-OH is 1. The number of hydrogen-bond donors (Lipinski definition) is 1. The van der Waals surface area contributed by atoms with Gasteiger partial charge in [0.1, 0.15) is 23.5 Å². The summed E-state index contributed by atoms with van der Waals surface area (Å²) in [6.45, 7) is 2.84. The molecule has 6 heteroatoms. The topological polar surface area (TPSA) is 62.7 Å². The van der Waals surface area contributed by atoms with Crippen LogP contribution in [-0.4, -0.2) is 47.1 Å². The van der Waals surface area contributed by atoms with Crippen LogP contribution in [-0.2, 0) is 6.54 Å². The molecule has 1 atom stereocenters. The highest BCUT2D eigenvalue weighted by atomic mass is 32.1. The van der Waals surface area contributed by atoms with Gasteiger partial charge in [-0.3, -0.25) is 9.69 Å². The summed E-state index contributed by atoms with van der Waals surface area (Å²) in [6.07, 6.45) is -0.629. The molecule has 3 rings (SSSR count). The predicted molar refractivity (Wildman–Crippen MR) is 104 cm³/mol. The Morgan fingerprint density at radius 3 is 2.85 bits per heavy atom. The van der Waals surface area contributed by atoms with E-state index in [2.05, 4.69) is 11.1 Å². The first kappa shape index (κ1) is 18.5. The van der Waals surface area contributed by atoms with Crippen molar-refractivity contribution in [2.45, 2.75) is 19.6 Å². The third-order valence-electron chi connectivity index (χ3n) is 3.95. The van der Waals surface area contributed by atoms with Crippen molar-refractivity contribution < 1.29 is 14.6 Å². The van der Waals surface area contributed by atoms with Crippen LogP contribution in [0, 0.1) is 0 Å². The summed E-state index contributed by atoms with van der Waals surface area (Å²) in [4.78, 5) is 18.0. The molecule has 2 aromatic carbocycles. The van der Waals surface area contributed by atoms with Crippen LogP contribution in [0.3, 0.4) is 0 Å². The molecule has 1 heterocycles. The molecule has 0 aliphatic heterocycles. The van der Waals surface area contributed by atoms with Crippen LogP contribution in [0.25, 0.3) is 10.2 Å². The number of Topliss-reactive ketones (excluding diaryl/α,β-unsaturated/α-hetero) is 1. The van der Waals surface area contributed by atoms with E-state index >= 15 is 0 Å². The molecule has 26 heavy (non-hydrogen) atoms. The molecule has 0 aliphatic rings. The van der Waals surface area contributed by atoms with E-state index in [4.69, 9.17) is 4.74 Å². The van der Waals surface area contributed by atoms with Crippen molar-refractivity contribution in [3.05, 3.63) is 59.1 Å². The van der Waals surface area contributed by atoms with Gasteiger partial charge in [-0.2, -0.15) is 0 Å². The van der Waals surface area contributed by atoms with Crippen molar-refractivity contribution in [3.63, 3.8) is 0 Å². The second-order valence-corrected chi connectivity index (χ2v) is 7.44. The Labute approximate surface area is 156 Å². The van der Waals surface area contributed by atoms with Crippen LogP contribution in [0.15, 0.2) is 48.5 Å². The average Bonchev–Trinajstić information content (AvgIpc) is 3.02. The Kier molecular flexibility index (Phi) is 5.98. The number of benzene rings is 2. The number of hydrogen-bond acceptors (Lipinski definition) is 6. The average molecular weight is 370 g/mol. The fraction of sp³-hybridized carbons (Fsp3) is 0.300. The summed E-state index contributed by atoms with van der Waals surface area (Å²) in [7, 11) is 1.95. The second-order valence-electron chi connectivity index (χ2n) is 6.32. The number of nitrogens with zero attached hydrogens (tertiary/aromatic N) is 2. The number of fused-ring (bicyclic) bond motifs is 1. The van der Waals surface area contributed by atoms with Gasteiger partial charge in [0.15, 0.2) is 5.78 Å². The quantitative estimate of drug-likeness (QED) is 0.616. The van der Waals surface area contributed by atoms with Crippen molar-refractivity contribution in [2.75, 3.05) is 20.2 Å². The third kappa shape index (κ3) is 4.88. The van der Waals surface area contributed by atoms with Crippen LogP contribution >= 0.6 is 11.3 Å². The Bertz CT molecular complexity index is 860. The zero-order valence-electron chi connectivity index (χ0n) is 14.9. The van der Waals surface area contributed by atoms with Gasteiger partial charge in [0.05, 0.1) is 16.8 Å². The summed E-state index contributed by atoms with van der Waals surface area (Å²) in [6, 6.07) is 15.1. The van der Waals surface area contributed by atoms with E-state index in [1.54, 1.807) is 35.6 Å². The highest BCUT2D eigenvalue weighted by Gasteiger charge is 2.12. The summed E-state index contributed by atoms with van der Waals surface area (Å²) in [5, 5.41) is 11.3. The molecule has 0 fully saturated rings. The first-order valence-corrected chi connectivity index (χ1v) is 9.28. The Morgan fingerprint density at radius 1 is 1.27 bits per heavy atom. The van der Waals surface area contributed by atoms with Crippen molar-refractivity contribution >= 4 is 27.3 Å². The van der Waals surface area contributed by atoms with Crippen molar-refractivity contribution in [1.82, 2.24) is 9.88 Å². The van der Waals surface area contributed by atoms with Gasteiger partial charge in [-0.15, -0.1) is 11.3 Å². The van der Waals surface area contributed by atoms with E-state index in [1.807, 2.05) is 30.1 Å². The number of ketones is 1. The first-order valence-electron chi connectivity index (χ1n) is 8.46. The van der Waals surface area contributed by atoms with Gasteiger partial charge in [0.25, 0.3) is 0 Å². The molecular formula is C20H22N2O3S. The van der Waals surface area contributed by atoms with E-state index in [1.165, 1.54) is 11.6 Å². The van der Waals surface area contributed by atoms with Crippen LogP contribution in [0.5, 0.6) is 5.75 Å². The van der Waals surface area contributed by atoms with E-state index in [9.17, 15) is 9.90 Å². The van der Waals surface area contributed by atoms with Gasteiger partial charge in [0, 0.05) is 12.1 Å². The van der Waals surface area contributed by atoms with Crippen LogP contribution in [0.1, 0.15) is 22.3 Å². The second kappa shape index (κ2) is 8.40. The number of para-hydroxylation sites is 1. The molecule has 5 nitrogen and oxygen atoms in total. The number of likely N-dealkylation sites (N-methyl/N-ethyl adjacent to an activating group) is 1. The lowest BCUT2D eigenvalue weighted by Crippen LogP contribution is -2.32. The molecule has 0 saturated heterocycles. The lowest BCUT2D eigenvalue weighted by Gasteiger charge is -2.19. The standard InChI is InChI=1S/C20H22N2O3S/c1-14(23)15-6-5-7-17(10-15)25-13-16(24)11-22(2)12-20-21-18-8-3-4-9-19(18)26-20/h3-10,16,24H,11-13H2,1-2H3. The molecule has 0 radical (unpaired) electrons. The lowest BCUT2D eigenvalue weighted by molar-refractivity contribution is 0.0743. The molecule has 0 bridgehead atoms. The number of carbonyl (C=O) groups excluding carboxylic acids is 1. The number of thiazole rings is 1. The first-order chi connectivity index (χ1) is 12.5. The lowest BCUT2D eigenvalue weighted by atomic mass is 10.1. The minimum absolute atomic E-state index is 0.00781.